The lowest BCUT2D eigenvalue weighted by atomic mass is 10.2. The van der Waals surface area contributed by atoms with Crippen LogP contribution in [0.2, 0.25) is 0 Å². The van der Waals surface area contributed by atoms with Crippen LogP contribution in [0, 0.1) is 13.8 Å². The molecule has 0 aliphatic carbocycles. The first kappa shape index (κ1) is 19.2. The maximum absolute atomic E-state index is 12.4. The zero-order valence-corrected chi connectivity index (χ0v) is 14.9. The summed E-state index contributed by atoms with van der Waals surface area (Å²) in [5.74, 6) is 0.398. The second-order valence-corrected chi connectivity index (χ2v) is 5.77. The zero-order chi connectivity index (χ0) is 18.2. The Labute approximate surface area is 146 Å². The highest BCUT2D eigenvalue weighted by molar-refractivity contribution is 5.43. The number of aromatic nitrogens is 2. The van der Waals surface area contributed by atoms with Gasteiger partial charge in [0, 0.05) is 18.8 Å². The van der Waals surface area contributed by atoms with Crippen LogP contribution >= 0.6 is 0 Å². The third kappa shape index (κ3) is 6.01. The molecule has 0 unspecified atom stereocenters. The molecule has 1 N–H and O–H groups in total. The van der Waals surface area contributed by atoms with Crippen LogP contribution in [0.5, 0.6) is 11.5 Å². The summed E-state index contributed by atoms with van der Waals surface area (Å²) in [4.78, 5) is 0. The van der Waals surface area contributed by atoms with E-state index in [9.17, 15) is 8.78 Å². The van der Waals surface area contributed by atoms with Gasteiger partial charge >= 0.3 is 6.61 Å². The van der Waals surface area contributed by atoms with Crippen molar-refractivity contribution in [2.45, 2.75) is 46.9 Å². The molecule has 0 radical (unpaired) electrons. The van der Waals surface area contributed by atoms with Crippen molar-refractivity contribution in [3.05, 3.63) is 41.2 Å². The van der Waals surface area contributed by atoms with E-state index in [0.29, 0.717) is 18.9 Å². The van der Waals surface area contributed by atoms with Crippen LogP contribution in [0.3, 0.4) is 0 Å². The van der Waals surface area contributed by atoms with Gasteiger partial charge in [0.2, 0.25) is 0 Å². The smallest absolute Gasteiger partial charge is 0.387 e. The first-order chi connectivity index (χ1) is 12.0. The molecule has 1 heterocycles. The summed E-state index contributed by atoms with van der Waals surface area (Å²) in [7, 11) is 0. The first-order valence-corrected chi connectivity index (χ1v) is 8.42. The second kappa shape index (κ2) is 9.36. The number of benzene rings is 1. The number of hydrogen-bond acceptors (Lipinski definition) is 4. The molecule has 1 aromatic heterocycles. The molecule has 0 spiro atoms. The summed E-state index contributed by atoms with van der Waals surface area (Å²) in [5, 5.41) is 7.77. The lowest BCUT2D eigenvalue weighted by Gasteiger charge is -2.13. The van der Waals surface area contributed by atoms with E-state index in [2.05, 4.69) is 21.2 Å². The van der Waals surface area contributed by atoms with Crippen LogP contribution in [-0.4, -0.2) is 29.5 Å². The maximum Gasteiger partial charge on any atom is 0.387 e. The highest BCUT2D eigenvalue weighted by Gasteiger charge is 2.11. The molecular weight excluding hydrogens is 328 g/mol. The predicted molar refractivity (Wildman–Crippen MR) is 92.3 cm³/mol. The number of halogens is 2. The molecule has 2 aromatic rings. The van der Waals surface area contributed by atoms with E-state index in [1.165, 1.54) is 6.07 Å². The van der Waals surface area contributed by atoms with Gasteiger partial charge in [0.15, 0.2) is 11.5 Å². The number of rotatable bonds is 10. The Bertz CT molecular complexity index is 674. The molecule has 0 aliphatic heterocycles. The quantitative estimate of drug-likeness (QED) is 0.662. The number of hydrogen-bond donors (Lipinski definition) is 1. The summed E-state index contributed by atoms with van der Waals surface area (Å²) in [6.45, 7) is 5.68. The Hall–Kier alpha value is -2.15. The summed E-state index contributed by atoms with van der Waals surface area (Å²) < 4.78 is 36.7. The predicted octanol–water partition coefficient (Wildman–Crippen LogP) is 3.68. The number of ether oxygens (including phenoxy) is 2. The second-order valence-electron chi connectivity index (χ2n) is 5.77. The van der Waals surface area contributed by atoms with Crippen LogP contribution in [0.25, 0.3) is 0 Å². The van der Waals surface area contributed by atoms with E-state index >= 15 is 0 Å². The van der Waals surface area contributed by atoms with Crippen molar-refractivity contribution in [1.29, 1.82) is 0 Å². The van der Waals surface area contributed by atoms with Gasteiger partial charge in [-0.15, -0.1) is 0 Å². The minimum absolute atomic E-state index is 0.0603. The molecule has 138 valence electrons. The molecule has 0 atom stereocenters. The van der Waals surface area contributed by atoms with Crippen LogP contribution in [0.1, 0.15) is 30.3 Å². The number of nitrogens with zero attached hydrogens (tertiary/aromatic N) is 2. The summed E-state index contributed by atoms with van der Waals surface area (Å²) in [5.41, 5.74) is 3.14. The van der Waals surface area contributed by atoms with E-state index < -0.39 is 6.61 Å². The van der Waals surface area contributed by atoms with E-state index in [-0.39, 0.29) is 5.75 Å². The number of alkyl halides is 2. The van der Waals surface area contributed by atoms with Crippen molar-refractivity contribution >= 4 is 0 Å². The van der Waals surface area contributed by atoms with E-state index in [1.54, 1.807) is 19.1 Å². The Morgan fingerprint density at radius 3 is 2.64 bits per heavy atom. The molecule has 0 fully saturated rings. The Morgan fingerprint density at radius 2 is 2.00 bits per heavy atom. The normalized spacial score (nSPS) is 11.1. The van der Waals surface area contributed by atoms with E-state index in [0.717, 1.165) is 36.5 Å². The molecule has 0 bridgehead atoms. The van der Waals surface area contributed by atoms with Crippen LogP contribution in [-0.2, 0) is 13.1 Å². The van der Waals surface area contributed by atoms with Gasteiger partial charge in [-0.25, -0.2) is 0 Å². The fraction of sp³-hybridized carbons (Fsp3) is 0.500. The van der Waals surface area contributed by atoms with Crippen molar-refractivity contribution in [1.82, 2.24) is 15.1 Å². The van der Waals surface area contributed by atoms with Gasteiger partial charge in [-0.1, -0.05) is 6.07 Å². The fourth-order valence-electron chi connectivity index (χ4n) is 2.61. The van der Waals surface area contributed by atoms with Gasteiger partial charge in [0.05, 0.1) is 12.3 Å². The Balaban J connectivity index is 1.81. The van der Waals surface area contributed by atoms with Gasteiger partial charge in [-0.3, -0.25) is 4.68 Å². The SMILES string of the molecule is CCOc1cc(CNCCCn2nc(C)cc2C)ccc1OC(F)F. The number of nitrogens with one attached hydrogen (secondary N) is 1. The molecule has 25 heavy (non-hydrogen) atoms. The van der Waals surface area contributed by atoms with Gasteiger partial charge in [0.1, 0.15) is 0 Å². The van der Waals surface area contributed by atoms with Crippen LogP contribution in [0.4, 0.5) is 8.78 Å². The van der Waals surface area contributed by atoms with Crippen LogP contribution in [0.15, 0.2) is 24.3 Å². The molecule has 2 rings (SSSR count). The lowest BCUT2D eigenvalue weighted by molar-refractivity contribution is -0.0514. The van der Waals surface area contributed by atoms with Crippen molar-refractivity contribution < 1.29 is 18.3 Å². The summed E-state index contributed by atoms with van der Waals surface area (Å²) >= 11 is 0. The molecule has 0 saturated carbocycles. The molecule has 5 nitrogen and oxygen atoms in total. The van der Waals surface area contributed by atoms with Gasteiger partial charge in [-0.05, 0) is 57.5 Å². The molecule has 0 amide bonds. The highest BCUT2D eigenvalue weighted by Crippen LogP contribution is 2.29. The van der Waals surface area contributed by atoms with E-state index in [1.807, 2.05) is 18.5 Å². The summed E-state index contributed by atoms with van der Waals surface area (Å²) in [6.07, 6.45) is 0.951. The maximum atomic E-state index is 12.4. The van der Waals surface area contributed by atoms with Gasteiger partial charge < -0.3 is 14.8 Å². The van der Waals surface area contributed by atoms with Crippen molar-refractivity contribution in [3.63, 3.8) is 0 Å². The fourth-order valence-corrected chi connectivity index (χ4v) is 2.61. The highest BCUT2D eigenvalue weighted by atomic mass is 19.3. The average molecular weight is 353 g/mol. The minimum Gasteiger partial charge on any atom is -0.490 e. The lowest BCUT2D eigenvalue weighted by Crippen LogP contribution is -2.17. The van der Waals surface area contributed by atoms with Gasteiger partial charge in [0.25, 0.3) is 0 Å². The van der Waals surface area contributed by atoms with Crippen molar-refractivity contribution in [2.75, 3.05) is 13.2 Å². The van der Waals surface area contributed by atoms with Gasteiger partial charge in [-0.2, -0.15) is 13.9 Å². The first-order valence-electron chi connectivity index (χ1n) is 8.42. The van der Waals surface area contributed by atoms with Crippen molar-refractivity contribution in [2.24, 2.45) is 0 Å². The zero-order valence-electron chi connectivity index (χ0n) is 14.9. The molecule has 1 aromatic carbocycles. The molecule has 7 heteroatoms. The Kier molecular flexibility index (Phi) is 7.18. The molecular formula is C18H25F2N3O2. The average Bonchev–Trinajstić information content (AvgIpc) is 2.87. The van der Waals surface area contributed by atoms with Crippen molar-refractivity contribution in [3.8, 4) is 11.5 Å². The third-order valence-corrected chi connectivity index (χ3v) is 3.68. The largest absolute Gasteiger partial charge is 0.490 e. The number of aryl methyl sites for hydroxylation is 3. The third-order valence-electron chi connectivity index (χ3n) is 3.68. The topological polar surface area (TPSA) is 48.3 Å². The van der Waals surface area contributed by atoms with E-state index in [4.69, 9.17) is 4.74 Å². The van der Waals surface area contributed by atoms with Crippen LogP contribution < -0.4 is 14.8 Å². The standard InChI is InChI=1S/C18H25F2N3O2/c1-4-24-17-11-15(6-7-16(17)25-18(19)20)12-21-8-5-9-23-14(3)10-13(2)22-23/h6-7,10-11,18,21H,4-5,8-9,12H2,1-3H3. The molecule has 0 saturated heterocycles. The Morgan fingerprint density at radius 1 is 1.20 bits per heavy atom. The summed E-state index contributed by atoms with van der Waals surface area (Å²) in [6, 6.07) is 7.07. The minimum atomic E-state index is -2.86. The monoisotopic (exact) mass is 353 g/mol. The molecule has 0 aliphatic rings.